The molecule has 3 nitrogen and oxygen atoms in total. The standard InChI is InChI=1S/C15H11F3O3/c1-20-10-3-8(4-11(7-10)21-2)15(19)9-5-12(16)14(18)13(17)6-9/h3-7H,1-2H3. The number of carbonyl (C=O) groups is 1. The minimum absolute atomic E-state index is 0.108. The summed E-state index contributed by atoms with van der Waals surface area (Å²) in [7, 11) is 2.81. The van der Waals surface area contributed by atoms with Gasteiger partial charge < -0.3 is 9.47 Å². The van der Waals surface area contributed by atoms with Crippen LogP contribution in [0.4, 0.5) is 13.2 Å². The zero-order valence-corrected chi connectivity index (χ0v) is 11.2. The molecule has 6 heteroatoms. The highest BCUT2D eigenvalue weighted by Gasteiger charge is 2.17. The Hall–Kier alpha value is -2.50. The van der Waals surface area contributed by atoms with Gasteiger partial charge in [0.25, 0.3) is 0 Å². The van der Waals surface area contributed by atoms with Gasteiger partial charge in [-0.3, -0.25) is 4.79 Å². The van der Waals surface area contributed by atoms with Gasteiger partial charge in [-0.05, 0) is 24.3 Å². The minimum Gasteiger partial charge on any atom is -0.497 e. The molecule has 0 fully saturated rings. The van der Waals surface area contributed by atoms with Crippen molar-refractivity contribution in [1.82, 2.24) is 0 Å². The second-order valence-electron chi connectivity index (χ2n) is 4.18. The Bertz CT molecular complexity index is 653. The number of halogens is 3. The molecule has 0 saturated heterocycles. The van der Waals surface area contributed by atoms with Gasteiger partial charge in [-0.2, -0.15) is 0 Å². The summed E-state index contributed by atoms with van der Waals surface area (Å²) in [6.07, 6.45) is 0. The third kappa shape index (κ3) is 2.99. The van der Waals surface area contributed by atoms with Crippen molar-refractivity contribution in [1.29, 1.82) is 0 Å². The summed E-state index contributed by atoms with van der Waals surface area (Å²) in [5.74, 6) is -4.44. The SMILES string of the molecule is COc1cc(OC)cc(C(=O)c2cc(F)c(F)c(F)c2)c1. The van der Waals surface area contributed by atoms with Crippen molar-refractivity contribution in [2.24, 2.45) is 0 Å². The quantitative estimate of drug-likeness (QED) is 0.641. The van der Waals surface area contributed by atoms with E-state index in [0.717, 1.165) is 0 Å². The number of carbonyl (C=O) groups excluding carboxylic acids is 1. The van der Waals surface area contributed by atoms with Crippen molar-refractivity contribution < 1.29 is 27.4 Å². The fourth-order valence-corrected chi connectivity index (χ4v) is 1.79. The number of rotatable bonds is 4. The molecule has 0 aliphatic rings. The summed E-state index contributed by atoms with van der Waals surface area (Å²) >= 11 is 0. The monoisotopic (exact) mass is 296 g/mol. The Labute approximate surface area is 118 Å². The molecule has 2 aromatic carbocycles. The molecule has 0 spiro atoms. The van der Waals surface area contributed by atoms with Gasteiger partial charge in [0.15, 0.2) is 23.2 Å². The van der Waals surface area contributed by atoms with E-state index in [2.05, 4.69) is 0 Å². The summed E-state index contributed by atoms with van der Waals surface area (Å²) in [5.41, 5.74) is -0.196. The lowest BCUT2D eigenvalue weighted by molar-refractivity contribution is 0.103. The number of ketones is 1. The van der Waals surface area contributed by atoms with E-state index >= 15 is 0 Å². The molecule has 110 valence electrons. The van der Waals surface area contributed by atoms with E-state index in [1.54, 1.807) is 6.07 Å². The predicted octanol–water partition coefficient (Wildman–Crippen LogP) is 3.35. The van der Waals surface area contributed by atoms with Crippen LogP contribution in [-0.2, 0) is 0 Å². The number of ether oxygens (including phenoxy) is 2. The van der Waals surface area contributed by atoms with Crippen molar-refractivity contribution in [3.8, 4) is 11.5 Å². The summed E-state index contributed by atoms with van der Waals surface area (Å²) in [4.78, 5) is 12.2. The van der Waals surface area contributed by atoms with Crippen molar-refractivity contribution in [3.05, 3.63) is 58.9 Å². The maximum absolute atomic E-state index is 13.2. The Balaban J connectivity index is 2.49. The van der Waals surface area contributed by atoms with Crippen molar-refractivity contribution in [3.63, 3.8) is 0 Å². The molecule has 0 N–H and O–H groups in total. The van der Waals surface area contributed by atoms with Gasteiger partial charge in [0.2, 0.25) is 0 Å². The topological polar surface area (TPSA) is 35.5 Å². The van der Waals surface area contributed by atoms with Crippen LogP contribution >= 0.6 is 0 Å². The van der Waals surface area contributed by atoms with Gasteiger partial charge in [0.05, 0.1) is 14.2 Å². The van der Waals surface area contributed by atoms with Crippen LogP contribution in [-0.4, -0.2) is 20.0 Å². The van der Waals surface area contributed by atoms with Crippen LogP contribution in [0, 0.1) is 17.5 Å². The summed E-state index contributed by atoms with van der Waals surface area (Å²) in [6.45, 7) is 0. The predicted molar refractivity (Wildman–Crippen MR) is 69.3 cm³/mol. The minimum atomic E-state index is -1.62. The smallest absolute Gasteiger partial charge is 0.194 e. The third-order valence-electron chi connectivity index (χ3n) is 2.86. The van der Waals surface area contributed by atoms with E-state index in [9.17, 15) is 18.0 Å². The molecule has 2 rings (SSSR count). The van der Waals surface area contributed by atoms with Crippen molar-refractivity contribution >= 4 is 5.78 Å². The number of hydrogen-bond acceptors (Lipinski definition) is 3. The number of hydrogen-bond donors (Lipinski definition) is 0. The van der Waals surface area contributed by atoms with Gasteiger partial charge in [-0.1, -0.05) is 0 Å². The van der Waals surface area contributed by atoms with Crippen LogP contribution in [0.2, 0.25) is 0 Å². The Morgan fingerprint density at radius 1 is 0.810 bits per heavy atom. The van der Waals surface area contributed by atoms with Gasteiger partial charge in [-0.15, -0.1) is 0 Å². The summed E-state index contributed by atoms with van der Waals surface area (Å²) < 4.78 is 49.3. The lowest BCUT2D eigenvalue weighted by atomic mass is 10.0. The fourth-order valence-electron chi connectivity index (χ4n) is 1.79. The van der Waals surface area contributed by atoms with Gasteiger partial charge in [0.1, 0.15) is 11.5 Å². The first kappa shape index (κ1) is 14.9. The molecule has 0 amide bonds. The first-order valence-corrected chi connectivity index (χ1v) is 5.88. The zero-order chi connectivity index (χ0) is 15.6. The lowest BCUT2D eigenvalue weighted by Gasteiger charge is -2.08. The van der Waals surface area contributed by atoms with E-state index in [1.807, 2.05) is 0 Å². The normalized spacial score (nSPS) is 10.3. The number of methoxy groups -OCH3 is 2. The first-order chi connectivity index (χ1) is 9.96. The molecular weight excluding hydrogens is 285 g/mol. The van der Waals surface area contributed by atoms with Gasteiger partial charge >= 0.3 is 0 Å². The van der Waals surface area contributed by atoms with Gasteiger partial charge in [-0.25, -0.2) is 13.2 Å². The average molecular weight is 296 g/mol. The third-order valence-corrected chi connectivity index (χ3v) is 2.86. The molecule has 0 heterocycles. The van der Waals surface area contributed by atoms with E-state index in [0.29, 0.717) is 23.6 Å². The van der Waals surface area contributed by atoms with E-state index in [1.165, 1.54) is 26.4 Å². The van der Waals surface area contributed by atoms with E-state index in [-0.39, 0.29) is 11.1 Å². The molecule has 2 aromatic rings. The molecule has 0 saturated carbocycles. The summed E-state index contributed by atoms with van der Waals surface area (Å²) in [5, 5.41) is 0. The Morgan fingerprint density at radius 2 is 1.24 bits per heavy atom. The molecule has 0 aliphatic carbocycles. The van der Waals surface area contributed by atoms with Crippen LogP contribution in [0.3, 0.4) is 0 Å². The van der Waals surface area contributed by atoms with E-state index in [4.69, 9.17) is 9.47 Å². The number of benzene rings is 2. The molecule has 0 radical (unpaired) electrons. The average Bonchev–Trinajstić information content (AvgIpc) is 2.50. The highest BCUT2D eigenvalue weighted by Crippen LogP contribution is 2.25. The van der Waals surface area contributed by atoms with Crippen LogP contribution < -0.4 is 9.47 Å². The largest absolute Gasteiger partial charge is 0.497 e. The van der Waals surface area contributed by atoms with Crippen LogP contribution in [0.25, 0.3) is 0 Å². The maximum atomic E-state index is 13.2. The zero-order valence-electron chi connectivity index (χ0n) is 11.2. The Morgan fingerprint density at radius 3 is 1.67 bits per heavy atom. The highest BCUT2D eigenvalue weighted by molar-refractivity contribution is 6.09. The molecule has 0 aliphatic heterocycles. The van der Waals surface area contributed by atoms with E-state index < -0.39 is 23.2 Å². The fraction of sp³-hybridized carbons (Fsp3) is 0.133. The lowest BCUT2D eigenvalue weighted by Crippen LogP contribution is -2.05. The van der Waals surface area contributed by atoms with Crippen molar-refractivity contribution in [2.75, 3.05) is 14.2 Å². The second-order valence-corrected chi connectivity index (χ2v) is 4.18. The molecule has 0 aromatic heterocycles. The van der Waals surface area contributed by atoms with Crippen molar-refractivity contribution in [2.45, 2.75) is 0 Å². The molecule has 21 heavy (non-hydrogen) atoms. The maximum Gasteiger partial charge on any atom is 0.194 e. The second kappa shape index (κ2) is 5.87. The van der Waals surface area contributed by atoms with Crippen LogP contribution in [0.1, 0.15) is 15.9 Å². The molecular formula is C15H11F3O3. The van der Waals surface area contributed by atoms with Gasteiger partial charge in [0, 0.05) is 17.2 Å². The highest BCUT2D eigenvalue weighted by atomic mass is 19.2. The molecule has 0 unspecified atom stereocenters. The molecule has 0 bridgehead atoms. The Kier molecular flexibility index (Phi) is 4.16. The molecule has 0 atom stereocenters. The summed E-state index contributed by atoms with van der Waals surface area (Å²) in [6, 6.07) is 5.62. The van der Waals surface area contributed by atoms with Crippen LogP contribution in [0.15, 0.2) is 30.3 Å². The first-order valence-electron chi connectivity index (χ1n) is 5.88. The van der Waals surface area contributed by atoms with Crippen LogP contribution in [0.5, 0.6) is 11.5 Å².